The summed E-state index contributed by atoms with van der Waals surface area (Å²) in [4.78, 5) is 4.68. The molecule has 194 valence electrons. The van der Waals surface area contributed by atoms with Gasteiger partial charge in [0.2, 0.25) is 0 Å². The summed E-state index contributed by atoms with van der Waals surface area (Å²) in [6.07, 6.45) is 3.84. The summed E-state index contributed by atoms with van der Waals surface area (Å²) >= 11 is 0. The Morgan fingerprint density at radius 3 is 2.49 bits per heavy atom. The van der Waals surface area contributed by atoms with Crippen LogP contribution in [0.5, 0.6) is 0 Å². The van der Waals surface area contributed by atoms with Crippen molar-refractivity contribution >= 4 is 21.4 Å². The maximum atomic E-state index is 12.6. The highest BCUT2D eigenvalue weighted by atomic mass is 32.2. The number of hydrogen-bond acceptors (Lipinski definition) is 6. The Labute approximate surface area is 218 Å². The highest BCUT2D eigenvalue weighted by Gasteiger charge is 2.20. The zero-order valence-corrected chi connectivity index (χ0v) is 21.8. The van der Waals surface area contributed by atoms with Crippen molar-refractivity contribution in [3.63, 3.8) is 0 Å². The van der Waals surface area contributed by atoms with Crippen molar-refractivity contribution in [1.29, 1.82) is 0 Å². The van der Waals surface area contributed by atoms with E-state index in [1.54, 1.807) is 42.5 Å². The van der Waals surface area contributed by atoms with Gasteiger partial charge in [0.25, 0.3) is 10.0 Å². The van der Waals surface area contributed by atoms with Crippen molar-refractivity contribution in [2.75, 3.05) is 17.0 Å². The smallest absolute Gasteiger partial charge is 0.261 e. The third-order valence-corrected chi connectivity index (χ3v) is 7.58. The van der Waals surface area contributed by atoms with Gasteiger partial charge in [-0.05, 0) is 62.2 Å². The molecule has 1 atom stereocenters. The average molecular weight is 520 g/mol. The minimum atomic E-state index is -3.70. The first-order chi connectivity index (χ1) is 17.6. The van der Waals surface area contributed by atoms with E-state index in [-0.39, 0.29) is 10.4 Å². The number of benzene rings is 3. The second kappa shape index (κ2) is 11.2. The van der Waals surface area contributed by atoms with E-state index in [1.165, 1.54) is 12.1 Å². The molecule has 8 nitrogen and oxygen atoms in total. The molecule has 0 aliphatic carbocycles. The summed E-state index contributed by atoms with van der Waals surface area (Å²) in [6, 6.07) is 22.6. The first-order valence-corrected chi connectivity index (χ1v) is 13.6. The first-order valence-electron chi connectivity index (χ1n) is 12.1. The van der Waals surface area contributed by atoms with Gasteiger partial charge in [-0.1, -0.05) is 42.5 Å². The van der Waals surface area contributed by atoms with Crippen LogP contribution in [0.2, 0.25) is 0 Å². The van der Waals surface area contributed by atoms with Crippen LogP contribution in [0, 0.1) is 0 Å². The second-order valence-corrected chi connectivity index (χ2v) is 11.4. The molecule has 0 bridgehead atoms. The minimum Gasteiger partial charge on any atom is -0.399 e. The highest BCUT2D eigenvalue weighted by Crippen LogP contribution is 2.22. The molecule has 9 heteroatoms. The van der Waals surface area contributed by atoms with Crippen LogP contribution in [0.25, 0.3) is 11.3 Å². The van der Waals surface area contributed by atoms with Gasteiger partial charge in [0.15, 0.2) is 0 Å². The fourth-order valence-corrected chi connectivity index (χ4v) is 4.97. The summed E-state index contributed by atoms with van der Waals surface area (Å²) < 4.78 is 29.9. The van der Waals surface area contributed by atoms with Gasteiger partial charge in [0.05, 0.1) is 23.0 Å². The number of aliphatic hydroxyl groups excluding tert-OH is 1. The number of nitrogen functional groups attached to an aromatic ring is 1. The molecule has 5 N–H and O–H groups in total. The van der Waals surface area contributed by atoms with E-state index in [1.807, 2.05) is 41.4 Å². The van der Waals surface area contributed by atoms with Crippen LogP contribution in [0.1, 0.15) is 31.9 Å². The Kier molecular flexibility index (Phi) is 7.97. The quantitative estimate of drug-likeness (QED) is 0.218. The van der Waals surface area contributed by atoms with Crippen LogP contribution < -0.4 is 15.8 Å². The predicted molar refractivity (Wildman–Crippen MR) is 147 cm³/mol. The van der Waals surface area contributed by atoms with Gasteiger partial charge in [-0.3, -0.25) is 4.72 Å². The Hall–Kier alpha value is -3.66. The van der Waals surface area contributed by atoms with E-state index < -0.39 is 16.1 Å². The van der Waals surface area contributed by atoms with Crippen LogP contribution in [0.4, 0.5) is 11.4 Å². The monoisotopic (exact) mass is 519 g/mol. The number of sulfonamides is 1. The lowest BCUT2D eigenvalue weighted by molar-refractivity contribution is 0.158. The van der Waals surface area contributed by atoms with Crippen LogP contribution in [0.3, 0.4) is 0 Å². The molecule has 1 heterocycles. The van der Waals surface area contributed by atoms with Gasteiger partial charge in [0, 0.05) is 41.8 Å². The van der Waals surface area contributed by atoms with Gasteiger partial charge in [0.1, 0.15) is 0 Å². The molecule has 0 aliphatic rings. The molecule has 4 aromatic rings. The Bertz CT molecular complexity index is 1420. The maximum Gasteiger partial charge on any atom is 0.261 e. The molecular formula is C28H33N5O3S. The lowest BCUT2D eigenvalue weighted by Crippen LogP contribution is -2.42. The number of β-amino-alcohol motifs (C(OH)–C–C–N with tert-alkyl or cyclic N) is 1. The topological polar surface area (TPSA) is 122 Å². The van der Waals surface area contributed by atoms with Gasteiger partial charge in [-0.25, -0.2) is 13.4 Å². The summed E-state index contributed by atoms with van der Waals surface area (Å²) in [7, 11) is -3.70. The van der Waals surface area contributed by atoms with Crippen LogP contribution >= 0.6 is 0 Å². The number of hydrogen-bond donors (Lipinski definition) is 4. The summed E-state index contributed by atoms with van der Waals surface area (Å²) in [5, 5.41) is 14.2. The van der Waals surface area contributed by atoms with Gasteiger partial charge >= 0.3 is 0 Å². The number of anilines is 2. The van der Waals surface area contributed by atoms with Crippen LogP contribution in [-0.4, -0.2) is 35.2 Å². The number of nitrogens with two attached hydrogens (primary N) is 1. The van der Waals surface area contributed by atoms with E-state index in [9.17, 15) is 13.5 Å². The number of nitrogens with one attached hydrogen (secondary N) is 2. The molecule has 0 fully saturated rings. The normalized spacial score (nSPS) is 12.8. The molecule has 1 aromatic heterocycles. The van der Waals surface area contributed by atoms with E-state index in [0.29, 0.717) is 17.8 Å². The lowest BCUT2D eigenvalue weighted by Gasteiger charge is -2.28. The van der Waals surface area contributed by atoms with Gasteiger partial charge in [-0.2, -0.15) is 0 Å². The third kappa shape index (κ3) is 7.19. The molecule has 3 aromatic carbocycles. The molecule has 37 heavy (non-hydrogen) atoms. The Morgan fingerprint density at radius 1 is 1.03 bits per heavy atom. The number of aromatic nitrogens is 2. The van der Waals surface area contributed by atoms with Gasteiger partial charge < -0.3 is 20.7 Å². The molecule has 0 saturated heterocycles. The molecule has 4 rings (SSSR count). The number of rotatable bonds is 11. The summed E-state index contributed by atoms with van der Waals surface area (Å²) in [6.45, 7) is 5.25. The fourth-order valence-electron chi connectivity index (χ4n) is 3.90. The zero-order chi connectivity index (χ0) is 26.5. The standard InChI is InChI=1S/C28H33N5O3S/c1-28(2,15-16-33-19-26(30-20-33)21-11-13-23(29)14-12-21)31-18-27(34)22-7-6-8-24(17-22)32-37(35,36)25-9-4-3-5-10-25/h3-14,17,19-20,27,31-32,34H,15-16,18,29H2,1-2H3/t27-/m0/s1. The molecule has 0 radical (unpaired) electrons. The Morgan fingerprint density at radius 2 is 1.76 bits per heavy atom. The number of imidazole rings is 1. The predicted octanol–water partition coefficient (Wildman–Crippen LogP) is 4.43. The lowest BCUT2D eigenvalue weighted by atomic mass is 9.99. The van der Waals surface area contributed by atoms with Crippen molar-refractivity contribution in [3.8, 4) is 11.3 Å². The van der Waals surface area contributed by atoms with E-state index >= 15 is 0 Å². The fraction of sp³-hybridized carbons (Fsp3) is 0.250. The maximum absolute atomic E-state index is 12.6. The number of aryl methyl sites for hydroxylation is 1. The molecule has 0 saturated carbocycles. The number of nitrogens with zero attached hydrogens (tertiary/aromatic N) is 2. The Balaban J connectivity index is 1.31. The summed E-state index contributed by atoms with van der Waals surface area (Å²) in [5.74, 6) is 0. The van der Waals surface area contributed by atoms with E-state index in [0.717, 1.165) is 29.9 Å². The molecule has 0 amide bonds. The van der Waals surface area contributed by atoms with Crippen molar-refractivity contribution < 1.29 is 13.5 Å². The minimum absolute atomic E-state index is 0.183. The molecule has 0 spiro atoms. The van der Waals surface area contributed by atoms with Crippen LogP contribution in [-0.2, 0) is 16.6 Å². The van der Waals surface area contributed by atoms with Gasteiger partial charge in [-0.15, -0.1) is 0 Å². The van der Waals surface area contributed by atoms with Crippen LogP contribution in [0.15, 0.2) is 96.3 Å². The molecule has 0 aliphatic heterocycles. The molecular weight excluding hydrogens is 486 g/mol. The van der Waals surface area contributed by atoms with E-state index in [4.69, 9.17) is 5.73 Å². The average Bonchev–Trinajstić information content (AvgIpc) is 3.36. The van der Waals surface area contributed by atoms with Crippen molar-refractivity contribution in [3.05, 3.63) is 97.0 Å². The summed E-state index contributed by atoms with van der Waals surface area (Å²) in [5.41, 5.74) is 9.17. The van der Waals surface area contributed by atoms with Crippen molar-refractivity contribution in [2.45, 2.75) is 43.4 Å². The number of aliphatic hydroxyl groups is 1. The van der Waals surface area contributed by atoms with E-state index in [2.05, 4.69) is 28.9 Å². The largest absolute Gasteiger partial charge is 0.399 e. The molecule has 0 unspecified atom stereocenters. The zero-order valence-electron chi connectivity index (χ0n) is 21.0. The van der Waals surface area contributed by atoms with Crippen molar-refractivity contribution in [2.24, 2.45) is 0 Å². The van der Waals surface area contributed by atoms with Crippen molar-refractivity contribution in [1.82, 2.24) is 14.9 Å². The first kappa shape index (κ1) is 26.4. The SMILES string of the molecule is CC(C)(CCn1cnc(-c2ccc(N)cc2)c1)NC[C@H](O)c1cccc(NS(=O)(=O)c2ccccc2)c1. The highest BCUT2D eigenvalue weighted by molar-refractivity contribution is 7.92. The third-order valence-electron chi connectivity index (χ3n) is 6.19. The second-order valence-electron chi connectivity index (χ2n) is 9.69.